The average molecular weight is 521 g/mol. The van der Waals surface area contributed by atoms with Gasteiger partial charge in [-0.1, -0.05) is 80.9 Å². The van der Waals surface area contributed by atoms with Crippen LogP contribution in [0.15, 0.2) is 96.3 Å². The van der Waals surface area contributed by atoms with Gasteiger partial charge in [-0.25, -0.2) is 0 Å². The molecule has 2 nitrogen and oxygen atoms in total. The van der Waals surface area contributed by atoms with Crippen LogP contribution in [0.1, 0.15) is 48.7 Å². The van der Waals surface area contributed by atoms with E-state index in [0.29, 0.717) is 40.4 Å². The molecular weight excluding hydrogens is 490 g/mol. The van der Waals surface area contributed by atoms with Gasteiger partial charge in [0.05, 0.1) is 17.6 Å². The van der Waals surface area contributed by atoms with Crippen LogP contribution in [-0.2, 0) is 12.8 Å². The molecule has 180 valence electrons. The lowest BCUT2D eigenvalue weighted by molar-refractivity contribution is 0.605. The minimum absolute atomic E-state index is 0.300. The van der Waals surface area contributed by atoms with E-state index in [4.69, 9.17) is 20.6 Å². The van der Waals surface area contributed by atoms with Gasteiger partial charge in [0.1, 0.15) is 11.5 Å². The van der Waals surface area contributed by atoms with Crippen molar-refractivity contribution in [2.75, 3.05) is 0 Å². The topological polar surface area (TPSA) is 18.5 Å². The molecule has 0 bridgehead atoms. The fourth-order valence-electron chi connectivity index (χ4n) is 3.87. The van der Waals surface area contributed by atoms with Crippen LogP contribution < -0.4 is 9.05 Å². The highest BCUT2D eigenvalue weighted by Crippen LogP contribution is 2.40. The smallest absolute Gasteiger partial charge is 0.126 e. The van der Waals surface area contributed by atoms with Crippen LogP contribution in [0, 0.1) is 0 Å². The van der Waals surface area contributed by atoms with Crippen molar-refractivity contribution in [3.05, 3.63) is 124 Å². The zero-order valence-corrected chi connectivity index (χ0v) is 23.1. The summed E-state index contributed by atoms with van der Waals surface area (Å²) in [4.78, 5) is 0. The fourth-order valence-corrected chi connectivity index (χ4v) is 5.71. The van der Waals surface area contributed by atoms with Gasteiger partial charge in [0.25, 0.3) is 0 Å². The van der Waals surface area contributed by atoms with Crippen molar-refractivity contribution in [1.29, 1.82) is 0 Å². The Kier molecular flexibility index (Phi) is 9.25. The fraction of sp³-hybridized carbons (Fsp3) is 0.233. The quantitative estimate of drug-likeness (QED) is 0.185. The molecule has 5 heteroatoms. The Morgan fingerprint density at radius 3 is 2.23 bits per heavy atom. The maximum Gasteiger partial charge on any atom is 0.126 e. The number of benzene rings is 3. The molecule has 0 radical (unpaired) electrons. The van der Waals surface area contributed by atoms with Crippen molar-refractivity contribution in [3.8, 4) is 11.5 Å². The first kappa shape index (κ1) is 25.8. The van der Waals surface area contributed by atoms with E-state index in [-0.39, 0.29) is 0 Å². The van der Waals surface area contributed by atoms with Gasteiger partial charge in [0.15, 0.2) is 0 Å². The van der Waals surface area contributed by atoms with Crippen LogP contribution in [0.4, 0.5) is 0 Å². The number of allylic oxidation sites excluding steroid dienone is 3. The minimum Gasteiger partial charge on any atom is -0.476 e. The molecule has 1 aliphatic carbocycles. The molecule has 0 amide bonds. The van der Waals surface area contributed by atoms with Gasteiger partial charge in [-0.15, -0.1) is 5.73 Å². The maximum atomic E-state index is 6.41. The first-order chi connectivity index (χ1) is 17.0. The standard InChI is InChI=1S/C30H31ClO2P2/c1-4-23-14-16-29(32-34-22(3)25-12-8-9-13-25)26(18-23)19-27-20-28(31)15-17-30(27)33-35-21(2)24-10-6-5-7-11-24/h5-12,14-18,20-22,34-35H,4,19H2,1-3H3. The summed E-state index contributed by atoms with van der Waals surface area (Å²) in [6.07, 6.45) is 7.76. The Hall–Kier alpha value is -2.33. The van der Waals surface area contributed by atoms with E-state index >= 15 is 0 Å². The lowest BCUT2D eigenvalue weighted by Crippen LogP contribution is -2.01. The lowest BCUT2D eigenvalue weighted by atomic mass is 10.0. The van der Waals surface area contributed by atoms with Gasteiger partial charge in [0, 0.05) is 33.9 Å². The molecule has 4 rings (SSSR count). The molecule has 0 saturated heterocycles. The van der Waals surface area contributed by atoms with Crippen molar-refractivity contribution in [1.82, 2.24) is 0 Å². The molecule has 0 spiro atoms. The third kappa shape index (κ3) is 7.10. The van der Waals surface area contributed by atoms with Gasteiger partial charge < -0.3 is 9.05 Å². The summed E-state index contributed by atoms with van der Waals surface area (Å²) in [5, 5.41) is 0.711. The number of halogens is 1. The maximum absolute atomic E-state index is 6.41. The third-order valence-corrected chi connectivity index (χ3v) is 8.28. The number of hydrogen-bond acceptors (Lipinski definition) is 2. The number of aryl methyl sites for hydroxylation is 1. The van der Waals surface area contributed by atoms with Crippen LogP contribution in [0.5, 0.6) is 11.5 Å². The number of rotatable bonds is 11. The average Bonchev–Trinajstić information content (AvgIpc) is 3.43. The van der Waals surface area contributed by atoms with Crippen molar-refractivity contribution in [2.45, 2.75) is 44.9 Å². The van der Waals surface area contributed by atoms with E-state index in [9.17, 15) is 0 Å². The molecule has 0 aromatic heterocycles. The summed E-state index contributed by atoms with van der Waals surface area (Å²) in [5.74, 6) is 1.80. The van der Waals surface area contributed by atoms with Crippen molar-refractivity contribution in [2.24, 2.45) is 0 Å². The highest BCUT2D eigenvalue weighted by molar-refractivity contribution is 7.34. The van der Waals surface area contributed by atoms with Crippen LogP contribution >= 0.6 is 29.2 Å². The Balaban J connectivity index is 1.52. The van der Waals surface area contributed by atoms with E-state index in [2.05, 4.69) is 75.0 Å². The Morgan fingerprint density at radius 1 is 0.857 bits per heavy atom. The first-order valence-corrected chi connectivity index (χ1v) is 14.3. The van der Waals surface area contributed by atoms with Crippen molar-refractivity contribution >= 4 is 29.2 Å². The summed E-state index contributed by atoms with van der Waals surface area (Å²) in [6, 6.07) is 22.9. The normalized spacial score (nSPS) is 14.7. The van der Waals surface area contributed by atoms with Gasteiger partial charge >= 0.3 is 0 Å². The highest BCUT2D eigenvalue weighted by Gasteiger charge is 2.15. The summed E-state index contributed by atoms with van der Waals surface area (Å²) in [6.45, 7) is 6.56. The van der Waals surface area contributed by atoms with E-state index in [1.54, 1.807) is 0 Å². The molecule has 1 aliphatic rings. The summed E-state index contributed by atoms with van der Waals surface area (Å²) in [7, 11) is 0.638. The van der Waals surface area contributed by atoms with Crippen LogP contribution in [0.3, 0.4) is 0 Å². The lowest BCUT2D eigenvalue weighted by Gasteiger charge is -2.18. The van der Waals surface area contributed by atoms with Crippen molar-refractivity contribution < 1.29 is 9.05 Å². The molecule has 0 N–H and O–H groups in total. The van der Waals surface area contributed by atoms with Gasteiger partial charge in [-0.2, -0.15) is 0 Å². The van der Waals surface area contributed by atoms with Crippen molar-refractivity contribution in [3.63, 3.8) is 0 Å². The van der Waals surface area contributed by atoms with Gasteiger partial charge in [-0.05, 0) is 59.5 Å². The van der Waals surface area contributed by atoms with Gasteiger partial charge in [-0.3, -0.25) is 0 Å². The molecule has 0 fully saturated rings. The van der Waals surface area contributed by atoms with E-state index in [0.717, 1.165) is 29.0 Å². The van der Waals surface area contributed by atoms with E-state index in [1.807, 2.05) is 36.4 Å². The molecule has 4 atom stereocenters. The zero-order chi connectivity index (χ0) is 24.6. The second-order valence-corrected chi connectivity index (χ2v) is 11.7. The molecule has 4 unspecified atom stereocenters. The van der Waals surface area contributed by atoms with Crippen LogP contribution in [0.25, 0.3) is 0 Å². The molecular formula is C30H31ClO2P2. The Bertz CT molecular complexity index is 1250. The van der Waals surface area contributed by atoms with Crippen LogP contribution in [0.2, 0.25) is 5.02 Å². The molecule has 0 aliphatic heterocycles. The summed E-state index contributed by atoms with van der Waals surface area (Å²) >= 11 is 6.41. The molecule has 0 saturated carbocycles. The van der Waals surface area contributed by atoms with E-state index in [1.165, 1.54) is 16.7 Å². The van der Waals surface area contributed by atoms with E-state index < -0.39 is 0 Å². The Morgan fingerprint density at radius 2 is 1.54 bits per heavy atom. The predicted molar refractivity (Wildman–Crippen MR) is 153 cm³/mol. The Labute approximate surface area is 217 Å². The molecule has 35 heavy (non-hydrogen) atoms. The second kappa shape index (κ2) is 12.6. The third-order valence-electron chi connectivity index (χ3n) is 6.02. The SMILES string of the molecule is CCc1ccc(OPC(C)C2=C=CC=C2)c(Cc2cc(Cl)ccc2OPC(C)c2ccccc2)c1. The largest absolute Gasteiger partial charge is 0.476 e. The number of hydrogen-bond donors (Lipinski definition) is 0. The summed E-state index contributed by atoms with van der Waals surface area (Å²) < 4.78 is 12.7. The van der Waals surface area contributed by atoms with Gasteiger partial charge in [0.2, 0.25) is 0 Å². The monoisotopic (exact) mass is 520 g/mol. The summed E-state index contributed by atoms with van der Waals surface area (Å²) in [5.41, 5.74) is 9.90. The molecule has 0 heterocycles. The predicted octanol–water partition coefficient (Wildman–Crippen LogP) is 9.24. The first-order valence-electron chi connectivity index (χ1n) is 12.0. The highest BCUT2D eigenvalue weighted by atomic mass is 35.5. The minimum atomic E-state index is 0.300. The van der Waals surface area contributed by atoms with Crippen LogP contribution in [-0.4, -0.2) is 5.66 Å². The molecule has 3 aromatic carbocycles. The zero-order valence-electron chi connectivity index (χ0n) is 20.3. The second-order valence-electron chi connectivity index (χ2n) is 8.64. The molecule has 3 aromatic rings.